The van der Waals surface area contributed by atoms with Gasteiger partial charge in [-0.25, -0.2) is 0 Å². The molecule has 1 aromatic carbocycles. The molecular formula is C16H24N4. The normalized spacial score (nSPS) is 25.8. The molecule has 4 heteroatoms. The number of benzene rings is 1. The summed E-state index contributed by atoms with van der Waals surface area (Å²) < 4.78 is 0. The molecule has 1 aromatic rings. The zero-order valence-corrected chi connectivity index (χ0v) is 12.6. The predicted octanol–water partition coefficient (Wildman–Crippen LogP) is 2.01. The van der Waals surface area contributed by atoms with Crippen molar-refractivity contribution in [3.63, 3.8) is 0 Å². The average Bonchev–Trinajstić information content (AvgIpc) is 3.21. The highest BCUT2D eigenvalue weighted by Gasteiger charge is 2.41. The zero-order valence-electron chi connectivity index (χ0n) is 12.6. The maximum atomic E-state index is 6.11. The van der Waals surface area contributed by atoms with E-state index in [0.29, 0.717) is 5.96 Å². The second kappa shape index (κ2) is 4.69. The molecule has 20 heavy (non-hydrogen) atoms. The number of hydrogen-bond acceptors (Lipinski definition) is 4. The minimum absolute atomic E-state index is 0.0858. The van der Waals surface area contributed by atoms with Gasteiger partial charge in [-0.15, -0.1) is 0 Å². The molecule has 1 aliphatic carbocycles. The van der Waals surface area contributed by atoms with Gasteiger partial charge in [-0.1, -0.05) is 12.1 Å². The van der Waals surface area contributed by atoms with Gasteiger partial charge in [-0.05, 0) is 43.4 Å². The Labute approximate surface area is 121 Å². The molecule has 0 amide bonds. The maximum absolute atomic E-state index is 6.11. The van der Waals surface area contributed by atoms with Gasteiger partial charge in [0.25, 0.3) is 0 Å². The number of hydrogen-bond donors (Lipinski definition) is 1. The molecule has 0 saturated heterocycles. The van der Waals surface area contributed by atoms with Gasteiger partial charge >= 0.3 is 0 Å². The van der Waals surface area contributed by atoms with Gasteiger partial charge in [0.15, 0.2) is 5.96 Å². The van der Waals surface area contributed by atoms with E-state index in [1.165, 1.54) is 24.1 Å². The maximum Gasteiger partial charge on any atom is 0.192 e. The molecule has 1 saturated carbocycles. The summed E-state index contributed by atoms with van der Waals surface area (Å²) in [5.41, 5.74) is 8.55. The minimum Gasteiger partial charge on any atom is -0.378 e. The van der Waals surface area contributed by atoms with Crippen molar-refractivity contribution in [1.82, 2.24) is 4.90 Å². The fourth-order valence-corrected chi connectivity index (χ4v) is 2.88. The summed E-state index contributed by atoms with van der Waals surface area (Å²) in [6.07, 6.45) is 2.67. The van der Waals surface area contributed by atoms with E-state index in [0.717, 1.165) is 19.0 Å². The van der Waals surface area contributed by atoms with Crippen LogP contribution in [0.2, 0.25) is 0 Å². The van der Waals surface area contributed by atoms with Crippen LogP contribution < -0.4 is 10.6 Å². The van der Waals surface area contributed by atoms with E-state index in [4.69, 9.17) is 5.73 Å². The van der Waals surface area contributed by atoms with Crippen molar-refractivity contribution in [2.45, 2.75) is 25.3 Å². The van der Waals surface area contributed by atoms with Crippen molar-refractivity contribution in [2.24, 2.45) is 16.6 Å². The van der Waals surface area contributed by atoms with Crippen molar-refractivity contribution in [3.8, 4) is 0 Å². The summed E-state index contributed by atoms with van der Waals surface area (Å²) in [6, 6.07) is 8.77. The molecule has 1 fully saturated rings. The molecule has 2 N–H and O–H groups in total. The van der Waals surface area contributed by atoms with E-state index in [9.17, 15) is 0 Å². The van der Waals surface area contributed by atoms with Crippen molar-refractivity contribution in [2.75, 3.05) is 32.1 Å². The number of guanidine groups is 1. The molecule has 1 aliphatic heterocycles. The van der Waals surface area contributed by atoms with Gasteiger partial charge < -0.3 is 15.5 Å². The third-order valence-electron chi connectivity index (χ3n) is 4.56. The van der Waals surface area contributed by atoms with E-state index < -0.39 is 0 Å². The third-order valence-corrected chi connectivity index (χ3v) is 4.56. The number of nitrogens with zero attached hydrogens (tertiary/aromatic N) is 3. The lowest BCUT2D eigenvalue weighted by molar-refractivity contribution is 0.217. The first-order valence-corrected chi connectivity index (χ1v) is 7.36. The fourth-order valence-electron chi connectivity index (χ4n) is 2.88. The Bertz CT molecular complexity index is 516. The van der Waals surface area contributed by atoms with E-state index in [1.54, 1.807) is 0 Å². The molecule has 1 unspecified atom stereocenters. The van der Waals surface area contributed by atoms with Gasteiger partial charge in [0, 0.05) is 26.3 Å². The first-order valence-electron chi connectivity index (χ1n) is 7.36. The molecular weight excluding hydrogens is 248 g/mol. The number of nitrogens with two attached hydrogens (primary N) is 1. The Balaban J connectivity index is 1.86. The van der Waals surface area contributed by atoms with Gasteiger partial charge in [0.05, 0.1) is 12.1 Å². The van der Waals surface area contributed by atoms with Gasteiger partial charge in [0.2, 0.25) is 0 Å². The molecule has 0 radical (unpaired) electrons. The van der Waals surface area contributed by atoms with Crippen molar-refractivity contribution in [1.29, 1.82) is 0 Å². The lowest BCUT2D eigenvalue weighted by Crippen LogP contribution is -2.48. The van der Waals surface area contributed by atoms with Gasteiger partial charge in [-0.2, -0.15) is 0 Å². The second-order valence-corrected chi connectivity index (χ2v) is 6.44. The van der Waals surface area contributed by atoms with Crippen molar-refractivity contribution >= 4 is 11.6 Å². The number of aliphatic imine (C=N–C) groups is 1. The first kappa shape index (κ1) is 13.3. The number of anilines is 1. The average molecular weight is 272 g/mol. The highest BCUT2D eigenvalue weighted by atomic mass is 15.4. The van der Waals surface area contributed by atoms with Crippen LogP contribution >= 0.6 is 0 Å². The molecule has 2 aliphatic rings. The Hall–Kier alpha value is -1.71. The molecule has 0 aromatic heterocycles. The minimum atomic E-state index is -0.0858. The largest absolute Gasteiger partial charge is 0.378 e. The van der Waals surface area contributed by atoms with E-state index in [1.807, 2.05) is 0 Å². The summed E-state index contributed by atoms with van der Waals surface area (Å²) >= 11 is 0. The number of rotatable bonds is 4. The van der Waals surface area contributed by atoms with Crippen LogP contribution in [0, 0.1) is 5.92 Å². The predicted molar refractivity (Wildman–Crippen MR) is 84.0 cm³/mol. The first-order chi connectivity index (χ1) is 9.50. The fraction of sp³-hybridized carbons (Fsp3) is 0.562. The summed E-state index contributed by atoms with van der Waals surface area (Å²) in [7, 11) is 4.12. The van der Waals surface area contributed by atoms with Crippen LogP contribution in [0.5, 0.6) is 0 Å². The van der Waals surface area contributed by atoms with Crippen LogP contribution in [0.15, 0.2) is 29.3 Å². The van der Waals surface area contributed by atoms with E-state index >= 15 is 0 Å². The Kier molecular flexibility index (Phi) is 3.11. The van der Waals surface area contributed by atoms with Gasteiger partial charge in [0.1, 0.15) is 0 Å². The van der Waals surface area contributed by atoms with E-state index in [2.05, 4.69) is 60.1 Å². The van der Waals surface area contributed by atoms with Crippen molar-refractivity contribution < 1.29 is 0 Å². The summed E-state index contributed by atoms with van der Waals surface area (Å²) in [5, 5.41) is 0. The molecule has 1 heterocycles. The molecule has 0 bridgehead atoms. The summed E-state index contributed by atoms with van der Waals surface area (Å²) in [4.78, 5) is 8.92. The highest BCUT2D eigenvalue weighted by molar-refractivity contribution is 5.81. The standard InChI is InChI=1S/C16H24N4/c1-16(13-6-8-14(9-7-13)19(2)3)11-18-15(17)20(16)10-12-4-5-12/h6-9,12H,4-5,10-11H2,1-3H3,(H2,17,18). The SMILES string of the molecule is CN(C)c1ccc(C2(C)CN=C(N)N2CC2CC2)cc1. The molecule has 3 rings (SSSR count). The summed E-state index contributed by atoms with van der Waals surface area (Å²) in [5.74, 6) is 1.51. The van der Waals surface area contributed by atoms with E-state index in [-0.39, 0.29) is 5.54 Å². The van der Waals surface area contributed by atoms with Crippen molar-refractivity contribution in [3.05, 3.63) is 29.8 Å². The Morgan fingerprint density at radius 1 is 1.30 bits per heavy atom. The van der Waals surface area contributed by atoms with Crippen LogP contribution in [0.4, 0.5) is 5.69 Å². The quantitative estimate of drug-likeness (QED) is 0.912. The lowest BCUT2D eigenvalue weighted by Gasteiger charge is -2.37. The van der Waals surface area contributed by atoms with Crippen LogP contribution in [-0.2, 0) is 5.54 Å². The zero-order chi connectivity index (χ0) is 14.3. The lowest BCUT2D eigenvalue weighted by atomic mass is 9.90. The van der Waals surface area contributed by atoms with Crippen LogP contribution in [0.25, 0.3) is 0 Å². The third kappa shape index (κ3) is 2.23. The Morgan fingerprint density at radius 2 is 1.95 bits per heavy atom. The molecule has 4 nitrogen and oxygen atoms in total. The highest BCUT2D eigenvalue weighted by Crippen LogP contribution is 2.38. The summed E-state index contributed by atoms with van der Waals surface area (Å²) in [6.45, 7) is 4.05. The Morgan fingerprint density at radius 3 is 2.50 bits per heavy atom. The second-order valence-electron chi connectivity index (χ2n) is 6.44. The molecule has 108 valence electrons. The molecule has 1 atom stereocenters. The van der Waals surface area contributed by atoms with Crippen LogP contribution in [0.1, 0.15) is 25.3 Å². The van der Waals surface area contributed by atoms with Gasteiger partial charge in [-0.3, -0.25) is 4.99 Å². The molecule has 0 spiro atoms. The smallest absolute Gasteiger partial charge is 0.192 e. The van der Waals surface area contributed by atoms with Crippen LogP contribution in [-0.4, -0.2) is 38.0 Å². The monoisotopic (exact) mass is 272 g/mol. The van der Waals surface area contributed by atoms with Crippen LogP contribution in [0.3, 0.4) is 0 Å². The topological polar surface area (TPSA) is 44.9 Å².